The molecular formula is C13H17BrN2O2. The predicted molar refractivity (Wildman–Crippen MR) is 74.4 cm³/mol. The van der Waals surface area contributed by atoms with Crippen LogP contribution in [0.3, 0.4) is 0 Å². The van der Waals surface area contributed by atoms with Crippen LogP contribution in [0.4, 0.5) is 5.69 Å². The highest BCUT2D eigenvalue weighted by Crippen LogP contribution is 2.24. The van der Waals surface area contributed by atoms with Crippen molar-refractivity contribution < 1.29 is 9.84 Å². The Morgan fingerprint density at radius 3 is 2.78 bits per heavy atom. The zero-order chi connectivity index (χ0) is 13.4. The average Bonchev–Trinajstić information content (AvgIpc) is 2.39. The first-order chi connectivity index (χ1) is 8.72. The Balaban J connectivity index is 2.83. The highest BCUT2D eigenvalue weighted by atomic mass is 79.9. The Morgan fingerprint density at radius 1 is 1.44 bits per heavy atom. The van der Waals surface area contributed by atoms with Gasteiger partial charge in [-0.05, 0) is 17.7 Å². The van der Waals surface area contributed by atoms with Gasteiger partial charge in [0.05, 0.1) is 25.7 Å². The lowest BCUT2D eigenvalue weighted by atomic mass is 10.2. The molecule has 0 aliphatic heterocycles. The fourth-order valence-corrected chi connectivity index (χ4v) is 2.11. The van der Waals surface area contributed by atoms with Crippen molar-refractivity contribution in [2.75, 3.05) is 31.7 Å². The van der Waals surface area contributed by atoms with Crippen molar-refractivity contribution in [1.82, 2.24) is 0 Å². The molecule has 18 heavy (non-hydrogen) atoms. The Morgan fingerprint density at radius 2 is 2.22 bits per heavy atom. The van der Waals surface area contributed by atoms with Crippen molar-refractivity contribution in [3.8, 4) is 6.07 Å². The van der Waals surface area contributed by atoms with E-state index >= 15 is 0 Å². The SMILES string of the molecule is COCCN(CCC#N)c1ccc(CO)c(Br)c1. The standard InChI is InChI=1S/C13H17BrN2O2/c1-18-8-7-16(6-2-5-15)12-4-3-11(10-17)13(14)9-12/h3-4,9,17H,2,6-8,10H2,1H3. The smallest absolute Gasteiger partial charge is 0.0692 e. The van der Waals surface area contributed by atoms with E-state index in [2.05, 4.69) is 26.9 Å². The molecule has 4 nitrogen and oxygen atoms in total. The molecule has 0 unspecified atom stereocenters. The van der Waals surface area contributed by atoms with E-state index in [4.69, 9.17) is 15.1 Å². The quantitative estimate of drug-likeness (QED) is 0.839. The molecule has 0 spiro atoms. The molecule has 0 aliphatic carbocycles. The number of hydrogen-bond acceptors (Lipinski definition) is 4. The zero-order valence-corrected chi connectivity index (χ0v) is 12.0. The van der Waals surface area contributed by atoms with Crippen LogP contribution in [0, 0.1) is 11.3 Å². The second kappa shape index (κ2) is 8.09. The number of benzene rings is 1. The first kappa shape index (κ1) is 15.0. The number of nitriles is 1. The maximum Gasteiger partial charge on any atom is 0.0692 e. The molecule has 0 atom stereocenters. The molecule has 0 heterocycles. The Labute approximate surface area is 116 Å². The molecule has 1 rings (SSSR count). The van der Waals surface area contributed by atoms with E-state index in [-0.39, 0.29) is 6.61 Å². The molecule has 1 N–H and O–H groups in total. The summed E-state index contributed by atoms with van der Waals surface area (Å²) < 4.78 is 5.95. The van der Waals surface area contributed by atoms with Gasteiger partial charge in [-0.2, -0.15) is 5.26 Å². The van der Waals surface area contributed by atoms with Crippen LogP contribution >= 0.6 is 15.9 Å². The third-order valence-electron chi connectivity index (χ3n) is 2.63. The highest BCUT2D eigenvalue weighted by Gasteiger charge is 2.08. The van der Waals surface area contributed by atoms with Gasteiger partial charge in [0.1, 0.15) is 0 Å². The minimum absolute atomic E-state index is 0.0110. The van der Waals surface area contributed by atoms with Gasteiger partial charge in [-0.1, -0.05) is 22.0 Å². The van der Waals surface area contributed by atoms with Crippen LogP contribution in [-0.4, -0.2) is 31.9 Å². The second-order valence-corrected chi connectivity index (χ2v) is 4.68. The molecule has 5 heteroatoms. The number of halogens is 1. The summed E-state index contributed by atoms with van der Waals surface area (Å²) in [5, 5.41) is 17.8. The predicted octanol–water partition coefficient (Wildman–Crippen LogP) is 2.31. The van der Waals surface area contributed by atoms with Crippen LogP contribution in [0.25, 0.3) is 0 Å². The summed E-state index contributed by atoms with van der Waals surface area (Å²) >= 11 is 3.43. The summed E-state index contributed by atoms with van der Waals surface area (Å²) in [6.07, 6.45) is 0.475. The van der Waals surface area contributed by atoms with Gasteiger partial charge in [0.15, 0.2) is 0 Å². The molecule has 0 saturated carbocycles. The maximum atomic E-state index is 9.12. The van der Waals surface area contributed by atoms with Crippen molar-refractivity contribution in [2.24, 2.45) is 0 Å². The molecule has 0 saturated heterocycles. The normalized spacial score (nSPS) is 10.1. The zero-order valence-electron chi connectivity index (χ0n) is 10.4. The second-order valence-electron chi connectivity index (χ2n) is 3.82. The molecule has 0 aromatic heterocycles. The summed E-state index contributed by atoms with van der Waals surface area (Å²) in [4.78, 5) is 2.10. The average molecular weight is 313 g/mol. The van der Waals surface area contributed by atoms with Crippen LogP contribution in [-0.2, 0) is 11.3 Å². The lowest BCUT2D eigenvalue weighted by molar-refractivity contribution is 0.205. The maximum absolute atomic E-state index is 9.12. The first-order valence-corrected chi connectivity index (χ1v) is 6.52. The fourth-order valence-electron chi connectivity index (χ4n) is 1.62. The van der Waals surface area contributed by atoms with Crippen molar-refractivity contribution in [1.29, 1.82) is 5.26 Å². The van der Waals surface area contributed by atoms with Crippen molar-refractivity contribution >= 4 is 21.6 Å². The number of ether oxygens (including phenoxy) is 1. The van der Waals surface area contributed by atoms with Gasteiger partial charge >= 0.3 is 0 Å². The third kappa shape index (κ3) is 4.30. The fraction of sp³-hybridized carbons (Fsp3) is 0.462. The molecule has 0 bridgehead atoms. The molecule has 0 amide bonds. The minimum Gasteiger partial charge on any atom is -0.392 e. The number of nitrogens with zero attached hydrogens (tertiary/aromatic N) is 2. The summed E-state index contributed by atoms with van der Waals surface area (Å²) in [5.41, 5.74) is 1.87. The molecule has 0 fully saturated rings. The van der Waals surface area contributed by atoms with Gasteiger partial charge in [0, 0.05) is 30.4 Å². The molecule has 1 aromatic carbocycles. The number of aliphatic hydroxyl groups is 1. The molecule has 0 radical (unpaired) electrons. The van der Waals surface area contributed by atoms with E-state index < -0.39 is 0 Å². The Hall–Kier alpha value is -1.09. The topological polar surface area (TPSA) is 56.5 Å². The molecular weight excluding hydrogens is 296 g/mol. The van der Waals surface area contributed by atoms with E-state index in [0.29, 0.717) is 19.6 Å². The first-order valence-electron chi connectivity index (χ1n) is 5.73. The Bertz CT molecular complexity index is 418. The number of rotatable bonds is 7. The monoisotopic (exact) mass is 312 g/mol. The van der Waals surface area contributed by atoms with Gasteiger partial charge < -0.3 is 14.7 Å². The summed E-state index contributed by atoms with van der Waals surface area (Å²) in [6.45, 7) is 2.04. The highest BCUT2D eigenvalue weighted by molar-refractivity contribution is 9.10. The number of aliphatic hydroxyl groups excluding tert-OH is 1. The largest absolute Gasteiger partial charge is 0.392 e. The van der Waals surface area contributed by atoms with Crippen LogP contribution in [0.1, 0.15) is 12.0 Å². The number of hydrogen-bond donors (Lipinski definition) is 1. The van der Waals surface area contributed by atoms with Crippen molar-refractivity contribution in [3.63, 3.8) is 0 Å². The number of methoxy groups -OCH3 is 1. The molecule has 1 aromatic rings. The van der Waals surface area contributed by atoms with Crippen LogP contribution in [0.2, 0.25) is 0 Å². The summed E-state index contributed by atoms with van der Waals surface area (Å²) in [6, 6.07) is 7.93. The lowest BCUT2D eigenvalue weighted by Gasteiger charge is -2.24. The van der Waals surface area contributed by atoms with Gasteiger partial charge in [0.25, 0.3) is 0 Å². The van der Waals surface area contributed by atoms with Gasteiger partial charge in [-0.25, -0.2) is 0 Å². The van der Waals surface area contributed by atoms with E-state index in [1.807, 2.05) is 18.2 Å². The van der Waals surface area contributed by atoms with E-state index in [0.717, 1.165) is 22.3 Å². The Kier molecular flexibility index (Phi) is 6.73. The van der Waals surface area contributed by atoms with Crippen molar-refractivity contribution in [3.05, 3.63) is 28.2 Å². The lowest BCUT2D eigenvalue weighted by Crippen LogP contribution is -2.28. The summed E-state index contributed by atoms with van der Waals surface area (Å²) in [5.74, 6) is 0. The van der Waals surface area contributed by atoms with Crippen molar-refractivity contribution in [2.45, 2.75) is 13.0 Å². The van der Waals surface area contributed by atoms with Crippen LogP contribution in [0.15, 0.2) is 22.7 Å². The minimum atomic E-state index is 0.0110. The third-order valence-corrected chi connectivity index (χ3v) is 3.37. The van der Waals surface area contributed by atoms with E-state index in [9.17, 15) is 0 Å². The molecule has 98 valence electrons. The van der Waals surface area contributed by atoms with E-state index in [1.54, 1.807) is 7.11 Å². The van der Waals surface area contributed by atoms with Gasteiger partial charge in [0.2, 0.25) is 0 Å². The van der Waals surface area contributed by atoms with Crippen LogP contribution in [0.5, 0.6) is 0 Å². The molecule has 0 aliphatic rings. The summed E-state index contributed by atoms with van der Waals surface area (Å²) in [7, 11) is 1.66. The number of anilines is 1. The van der Waals surface area contributed by atoms with Gasteiger partial charge in [-0.15, -0.1) is 0 Å². The van der Waals surface area contributed by atoms with E-state index in [1.165, 1.54) is 0 Å². The van der Waals surface area contributed by atoms with Crippen LogP contribution < -0.4 is 4.90 Å². The van der Waals surface area contributed by atoms with Gasteiger partial charge in [-0.3, -0.25) is 0 Å².